The molecule has 2 heterocycles. The molecule has 0 spiro atoms. The van der Waals surface area contributed by atoms with Gasteiger partial charge in [0.1, 0.15) is 24.0 Å². The molecule has 2 aliphatic heterocycles. The Balaban J connectivity index is 1.77. The molecule has 11 nitrogen and oxygen atoms in total. The molecule has 7 atom stereocenters. The van der Waals surface area contributed by atoms with Crippen molar-refractivity contribution in [3.05, 3.63) is 42.1 Å². The van der Waals surface area contributed by atoms with E-state index in [9.17, 15) is 19.8 Å². The zero-order chi connectivity index (χ0) is 27.5. The van der Waals surface area contributed by atoms with Crippen LogP contribution in [0.25, 0.3) is 0 Å². The van der Waals surface area contributed by atoms with E-state index >= 15 is 4.39 Å². The van der Waals surface area contributed by atoms with Crippen LogP contribution in [0.1, 0.15) is 27.7 Å². The number of hydrogen-bond acceptors (Lipinski definition) is 9. The molecular formula is C22H30ClFN3O8PS. The standard InChI is InChI=1S/C22H30ClFN3O8PS/c1-12(2)33-19(30)14(4)26-36(37,35-15-8-6-5-7-9-15)32-11-16-17(28)22(23,24)20(34-16)27-10-13(3)18(29)25-21(27)31/h5-10,12,14,16-18,20,28-29H,11H2,1-4H3,(H,25,31)(H,26,37). The molecule has 2 amide bonds. The third-order valence-corrected chi connectivity index (χ3v) is 8.25. The van der Waals surface area contributed by atoms with Crippen LogP contribution in [0.4, 0.5) is 9.18 Å². The molecule has 15 heteroatoms. The summed E-state index contributed by atoms with van der Waals surface area (Å²) in [5.74, 6) is -0.249. The highest BCUT2D eigenvalue weighted by Crippen LogP contribution is 2.47. The normalized spacial score (nSPS) is 30.4. The molecule has 0 radical (unpaired) electrons. The van der Waals surface area contributed by atoms with Crippen LogP contribution in [0.3, 0.4) is 0 Å². The second kappa shape index (κ2) is 11.9. The summed E-state index contributed by atoms with van der Waals surface area (Å²) in [7, 11) is 0. The highest BCUT2D eigenvalue weighted by molar-refractivity contribution is 8.09. The number of esters is 1. The molecule has 0 aromatic heterocycles. The summed E-state index contributed by atoms with van der Waals surface area (Å²) in [4.78, 5) is 25.5. The first kappa shape index (κ1) is 29.7. The van der Waals surface area contributed by atoms with E-state index in [1.165, 1.54) is 20.0 Å². The van der Waals surface area contributed by atoms with Gasteiger partial charge in [0.25, 0.3) is 5.13 Å². The molecule has 1 aromatic carbocycles. The van der Waals surface area contributed by atoms with E-state index in [4.69, 9.17) is 41.9 Å². The fourth-order valence-corrected chi connectivity index (χ4v) is 6.15. The maximum Gasteiger partial charge on any atom is 0.325 e. The first-order valence-corrected chi connectivity index (χ1v) is 14.4. The number of carbonyl (C=O) groups excluding carboxylic acids is 2. The Labute approximate surface area is 224 Å². The van der Waals surface area contributed by atoms with Crippen LogP contribution in [0, 0.1) is 0 Å². The second-order valence-electron chi connectivity index (χ2n) is 8.81. The lowest BCUT2D eigenvalue weighted by Gasteiger charge is -2.34. The van der Waals surface area contributed by atoms with E-state index < -0.39 is 61.1 Å². The van der Waals surface area contributed by atoms with Gasteiger partial charge in [-0.05, 0) is 57.2 Å². The van der Waals surface area contributed by atoms with Crippen LogP contribution in [-0.4, -0.2) is 75.7 Å². The molecule has 4 N–H and O–H groups in total. The van der Waals surface area contributed by atoms with Gasteiger partial charge in [-0.1, -0.05) is 29.8 Å². The Kier molecular flexibility index (Phi) is 9.57. The summed E-state index contributed by atoms with van der Waals surface area (Å²) in [6, 6.07) is 6.64. The minimum absolute atomic E-state index is 0.295. The number of para-hydroxylation sites is 1. The summed E-state index contributed by atoms with van der Waals surface area (Å²) in [5, 5.41) is 22.5. The van der Waals surface area contributed by atoms with Gasteiger partial charge in [0.15, 0.2) is 12.5 Å². The van der Waals surface area contributed by atoms with Crippen LogP contribution >= 0.6 is 18.2 Å². The third-order valence-electron chi connectivity index (χ3n) is 5.34. The molecule has 2 aliphatic rings. The summed E-state index contributed by atoms with van der Waals surface area (Å²) >= 11 is 11.6. The molecule has 1 fully saturated rings. The van der Waals surface area contributed by atoms with Gasteiger partial charge >= 0.3 is 18.6 Å². The molecule has 1 aromatic rings. The number of nitrogens with zero attached hydrogens (tertiary/aromatic N) is 1. The molecule has 3 rings (SSSR count). The number of amides is 2. The van der Waals surface area contributed by atoms with Crippen molar-refractivity contribution in [3.8, 4) is 5.75 Å². The van der Waals surface area contributed by atoms with Gasteiger partial charge < -0.3 is 34.1 Å². The number of carbonyl (C=O) groups is 2. The Morgan fingerprint density at radius 3 is 2.62 bits per heavy atom. The largest absolute Gasteiger partial charge is 0.462 e. The second-order valence-corrected chi connectivity index (χ2v) is 12.5. The van der Waals surface area contributed by atoms with Crippen molar-refractivity contribution in [2.24, 2.45) is 0 Å². The average molecular weight is 582 g/mol. The Bertz CT molecular complexity index is 1070. The van der Waals surface area contributed by atoms with Gasteiger partial charge in [-0.15, -0.1) is 0 Å². The maximum absolute atomic E-state index is 15.4. The molecule has 0 bridgehead atoms. The van der Waals surface area contributed by atoms with Gasteiger partial charge in [-0.3, -0.25) is 9.69 Å². The van der Waals surface area contributed by atoms with Crippen molar-refractivity contribution in [1.29, 1.82) is 0 Å². The summed E-state index contributed by atoms with van der Waals surface area (Å²) in [6.45, 7) is 2.41. The van der Waals surface area contributed by atoms with Crippen molar-refractivity contribution in [2.45, 2.75) is 69.6 Å². The zero-order valence-electron chi connectivity index (χ0n) is 20.5. The number of nitrogens with one attached hydrogen (secondary N) is 2. The van der Waals surface area contributed by atoms with Gasteiger partial charge in [0.05, 0.1) is 12.7 Å². The van der Waals surface area contributed by atoms with Crippen LogP contribution in [0.5, 0.6) is 5.75 Å². The van der Waals surface area contributed by atoms with E-state index in [-0.39, 0.29) is 6.10 Å². The van der Waals surface area contributed by atoms with E-state index in [2.05, 4.69) is 10.4 Å². The quantitative estimate of drug-likeness (QED) is 0.185. The highest BCUT2D eigenvalue weighted by Gasteiger charge is 2.60. The number of rotatable bonds is 10. The van der Waals surface area contributed by atoms with Crippen LogP contribution in [0.15, 0.2) is 42.1 Å². The average Bonchev–Trinajstić information content (AvgIpc) is 3.03. The zero-order valence-corrected chi connectivity index (χ0v) is 23.0. The third kappa shape index (κ3) is 7.18. The smallest absolute Gasteiger partial charge is 0.325 e. The number of urea groups is 1. The molecule has 37 heavy (non-hydrogen) atoms. The number of alkyl halides is 2. The minimum Gasteiger partial charge on any atom is -0.462 e. The predicted molar refractivity (Wildman–Crippen MR) is 136 cm³/mol. The fraction of sp³-hybridized carbons (Fsp3) is 0.545. The van der Waals surface area contributed by atoms with Gasteiger partial charge in [0.2, 0.25) is 0 Å². The lowest BCUT2D eigenvalue weighted by Crippen LogP contribution is -2.56. The molecular weight excluding hydrogens is 552 g/mol. The van der Waals surface area contributed by atoms with E-state index in [1.807, 2.05) is 0 Å². The fourth-order valence-electron chi connectivity index (χ4n) is 3.44. The number of halogens is 2. The number of benzene rings is 1. The number of aliphatic hydroxyl groups is 2. The topological polar surface area (TPSA) is 139 Å². The van der Waals surface area contributed by atoms with Crippen molar-refractivity contribution < 1.29 is 42.7 Å². The summed E-state index contributed by atoms with van der Waals surface area (Å²) in [6.07, 6.45) is -5.50. The number of ether oxygens (including phenoxy) is 2. The number of hydrogen-bond donors (Lipinski definition) is 4. The maximum atomic E-state index is 15.4. The first-order valence-electron chi connectivity index (χ1n) is 11.4. The van der Waals surface area contributed by atoms with Crippen LogP contribution in [0.2, 0.25) is 0 Å². The Morgan fingerprint density at radius 1 is 1.35 bits per heavy atom. The van der Waals surface area contributed by atoms with Crippen LogP contribution < -0.4 is 14.9 Å². The van der Waals surface area contributed by atoms with Gasteiger partial charge in [0, 0.05) is 6.20 Å². The van der Waals surface area contributed by atoms with Gasteiger partial charge in [-0.25, -0.2) is 14.3 Å². The SMILES string of the molecule is CC1=CN(C2OC(COP(=S)(NC(C)C(=O)OC(C)C)Oc3ccccc3)C(O)C2(F)Cl)C(=O)NC1O. The van der Waals surface area contributed by atoms with E-state index in [1.54, 1.807) is 44.2 Å². The van der Waals surface area contributed by atoms with Crippen molar-refractivity contribution in [1.82, 2.24) is 15.3 Å². The molecule has 0 saturated carbocycles. The summed E-state index contributed by atoms with van der Waals surface area (Å²) < 4.78 is 37.9. The molecule has 206 valence electrons. The van der Waals surface area contributed by atoms with Crippen molar-refractivity contribution in [2.75, 3.05) is 6.61 Å². The lowest BCUT2D eigenvalue weighted by molar-refractivity contribution is -0.149. The summed E-state index contributed by atoms with van der Waals surface area (Å²) in [5.41, 5.74) is 0.295. The monoisotopic (exact) mass is 581 g/mol. The van der Waals surface area contributed by atoms with Gasteiger partial charge in [-0.2, -0.15) is 0 Å². The van der Waals surface area contributed by atoms with Crippen LogP contribution in [-0.2, 0) is 30.6 Å². The molecule has 7 unspecified atom stereocenters. The van der Waals surface area contributed by atoms with Crippen molar-refractivity contribution >= 4 is 42.1 Å². The Hall–Kier alpha value is -1.83. The lowest BCUT2D eigenvalue weighted by atomic mass is 10.1. The molecule has 1 saturated heterocycles. The van der Waals surface area contributed by atoms with Crippen molar-refractivity contribution in [3.63, 3.8) is 0 Å². The molecule has 0 aliphatic carbocycles. The van der Waals surface area contributed by atoms with E-state index in [0.717, 1.165) is 4.90 Å². The predicted octanol–water partition coefficient (Wildman–Crippen LogP) is 2.47. The number of aliphatic hydroxyl groups excluding tert-OH is 2. The van der Waals surface area contributed by atoms with E-state index in [0.29, 0.717) is 11.3 Å². The first-order chi connectivity index (χ1) is 17.2. The Morgan fingerprint density at radius 2 is 2.00 bits per heavy atom. The highest BCUT2D eigenvalue weighted by atomic mass is 35.5. The minimum atomic E-state index is -3.51.